The van der Waals surface area contributed by atoms with E-state index in [9.17, 15) is 19.8 Å². The number of rotatable bonds is 2. The molecule has 5 aromatic rings. The first kappa shape index (κ1) is 21.2. The van der Waals surface area contributed by atoms with E-state index in [1.54, 1.807) is 0 Å². The second kappa shape index (κ2) is 8.16. The summed E-state index contributed by atoms with van der Waals surface area (Å²) in [5.74, 6) is -0.0396. The van der Waals surface area contributed by atoms with Crippen molar-refractivity contribution in [1.82, 2.24) is 0 Å². The minimum Gasteiger partial charge on any atom is -0.508 e. The largest absolute Gasteiger partial charge is 0.508 e. The molecule has 3 heterocycles. The van der Waals surface area contributed by atoms with Crippen LogP contribution in [0.5, 0.6) is 11.5 Å². The van der Waals surface area contributed by atoms with Crippen molar-refractivity contribution >= 4 is 32.9 Å². The average molecular weight is 471 g/mol. The third kappa shape index (κ3) is 3.67. The maximum Gasteiger partial charge on any atom is 0.259 e. The first-order chi connectivity index (χ1) is 17.0. The number of aromatic hydroxyl groups is 2. The Morgan fingerprint density at radius 2 is 1.46 bits per heavy atom. The Hall–Kier alpha value is -4.33. The minimum absolute atomic E-state index is 0.0109. The summed E-state index contributed by atoms with van der Waals surface area (Å²) in [5.41, 5.74) is 0.209. The summed E-state index contributed by atoms with van der Waals surface area (Å²) in [6, 6.07) is 10.0. The van der Waals surface area contributed by atoms with Gasteiger partial charge in [0.15, 0.2) is 0 Å². The standard InChI is InChI=1S/C27H21NO7/c29-15-6-8-21-17(10-15)25(32)20(13-33-21)23-12-19-24(31)18-11-16(30)7-9-22(18)34-26(19)27(35-23)28-14-4-2-1-3-5-14/h6-14,29-30H,1-5H2. The minimum atomic E-state index is -0.420. The van der Waals surface area contributed by atoms with E-state index in [0.29, 0.717) is 11.2 Å². The summed E-state index contributed by atoms with van der Waals surface area (Å²) in [5, 5.41) is 20.3. The van der Waals surface area contributed by atoms with Gasteiger partial charge in [-0.25, -0.2) is 4.99 Å². The number of phenols is 2. The molecule has 0 atom stereocenters. The van der Waals surface area contributed by atoms with E-state index in [0.717, 1.165) is 32.1 Å². The van der Waals surface area contributed by atoms with Crippen LogP contribution in [0.2, 0.25) is 0 Å². The third-order valence-electron chi connectivity index (χ3n) is 6.48. The van der Waals surface area contributed by atoms with Gasteiger partial charge in [0.2, 0.25) is 16.4 Å². The number of benzene rings is 2. The maximum atomic E-state index is 13.4. The molecular formula is C27H21NO7. The summed E-state index contributed by atoms with van der Waals surface area (Å²) in [4.78, 5) is 31.5. The van der Waals surface area contributed by atoms with Crippen LogP contribution in [0.4, 0.5) is 0 Å². The molecular weight excluding hydrogens is 450 g/mol. The van der Waals surface area contributed by atoms with Crippen LogP contribution >= 0.6 is 0 Å². The molecule has 0 spiro atoms. The SMILES string of the molecule is O=c1c(-c2cc3c(=O)c4cc(O)ccc4oc3c(=NC3CCCCC3)o2)coc2ccc(O)cc12. The van der Waals surface area contributed by atoms with Gasteiger partial charge in [-0.15, -0.1) is 0 Å². The Kier molecular flexibility index (Phi) is 4.95. The quantitative estimate of drug-likeness (QED) is 0.349. The molecule has 0 unspecified atom stereocenters. The summed E-state index contributed by atoms with van der Waals surface area (Å²) in [7, 11) is 0. The highest BCUT2D eigenvalue weighted by Gasteiger charge is 2.19. The van der Waals surface area contributed by atoms with Crippen LogP contribution in [-0.4, -0.2) is 16.3 Å². The number of nitrogens with zero attached hydrogens (tertiary/aromatic N) is 1. The topological polar surface area (TPSA) is 126 Å². The van der Waals surface area contributed by atoms with Gasteiger partial charge in [-0.3, -0.25) is 9.59 Å². The molecule has 0 aliphatic heterocycles. The molecule has 8 heteroatoms. The molecule has 1 fully saturated rings. The summed E-state index contributed by atoms with van der Waals surface area (Å²) in [6.45, 7) is 0. The molecule has 176 valence electrons. The van der Waals surface area contributed by atoms with Crippen molar-refractivity contribution in [2.45, 2.75) is 38.1 Å². The molecule has 3 aromatic heterocycles. The van der Waals surface area contributed by atoms with Crippen LogP contribution in [0.3, 0.4) is 0 Å². The Morgan fingerprint density at radius 1 is 0.771 bits per heavy atom. The smallest absolute Gasteiger partial charge is 0.259 e. The predicted octanol–water partition coefficient (Wildman–Crippen LogP) is 4.96. The van der Waals surface area contributed by atoms with Crippen LogP contribution in [-0.2, 0) is 0 Å². The van der Waals surface area contributed by atoms with Crippen molar-refractivity contribution in [1.29, 1.82) is 0 Å². The molecule has 0 radical (unpaired) electrons. The van der Waals surface area contributed by atoms with Crippen molar-refractivity contribution in [3.63, 3.8) is 0 Å². The Labute approximate surface area is 197 Å². The fraction of sp³-hybridized carbons (Fsp3) is 0.222. The van der Waals surface area contributed by atoms with E-state index in [4.69, 9.17) is 18.2 Å². The molecule has 2 aromatic carbocycles. The van der Waals surface area contributed by atoms with Gasteiger partial charge in [-0.1, -0.05) is 19.3 Å². The molecule has 2 N–H and O–H groups in total. The molecule has 1 aliphatic rings. The molecule has 0 amide bonds. The zero-order chi connectivity index (χ0) is 24.1. The first-order valence-electron chi connectivity index (χ1n) is 11.5. The molecule has 8 nitrogen and oxygen atoms in total. The fourth-order valence-electron chi connectivity index (χ4n) is 4.68. The van der Waals surface area contributed by atoms with Crippen LogP contribution in [0.15, 0.2) is 76.6 Å². The van der Waals surface area contributed by atoms with E-state index < -0.39 is 5.43 Å². The zero-order valence-electron chi connectivity index (χ0n) is 18.6. The Morgan fingerprint density at radius 3 is 2.20 bits per heavy atom. The van der Waals surface area contributed by atoms with Gasteiger partial charge in [0.05, 0.1) is 22.2 Å². The lowest BCUT2D eigenvalue weighted by Gasteiger charge is -2.17. The fourth-order valence-corrected chi connectivity index (χ4v) is 4.68. The van der Waals surface area contributed by atoms with Crippen molar-refractivity contribution in [3.05, 3.63) is 74.7 Å². The van der Waals surface area contributed by atoms with Crippen LogP contribution in [0, 0.1) is 0 Å². The lowest BCUT2D eigenvalue weighted by atomic mass is 9.96. The van der Waals surface area contributed by atoms with Gasteiger partial charge in [0.25, 0.3) is 5.55 Å². The second-order valence-electron chi connectivity index (χ2n) is 8.85. The third-order valence-corrected chi connectivity index (χ3v) is 6.48. The first-order valence-corrected chi connectivity index (χ1v) is 11.5. The number of hydrogen-bond donors (Lipinski definition) is 2. The summed E-state index contributed by atoms with van der Waals surface area (Å²) in [6.07, 6.45) is 6.31. The van der Waals surface area contributed by atoms with Gasteiger partial charge < -0.3 is 23.5 Å². The average Bonchev–Trinajstić information content (AvgIpc) is 2.86. The van der Waals surface area contributed by atoms with E-state index in [1.165, 1.54) is 48.7 Å². The van der Waals surface area contributed by atoms with E-state index in [1.807, 2.05) is 0 Å². The zero-order valence-corrected chi connectivity index (χ0v) is 18.6. The monoisotopic (exact) mass is 471 g/mol. The van der Waals surface area contributed by atoms with E-state index in [2.05, 4.69) is 0 Å². The number of fused-ring (bicyclic) bond motifs is 3. The molecule has 1 aliphatic carbocycles. The van der Waals surface area contributed by atoms with Gasteiger partial charge in [-0.2, -0.15) is 0 Å². The van der Waals surface area contributed by atoms with Crippen molar-refractivity contribution in [2.24, 2.45) is 4.99 Å². The van der Waals surface area contributed by atoms with Crippen LogP contribution < -0.4 is 16.4 Å². The van der Waals surface area contributed by atoms with Crippen LogP contribution in [0.1, 0.15) is 32.1 Å². The van der Waals surface area contributed by atoms with Gasteiger partial charge in [0, 0.05) is 0 Å². The molecule has 6 rings (SSSR count). The van der Waals surface area contributed by atoms with Crippen molar-refractivity contribution in [3.8, 4) is 22.8 Å². The molecule has 0 bridgehead atoms. The number of phenolic OH excluding ortho intramolecular Hbond substituents is 2. The molecule has 35 heavy (non-hydrogen) atoms. The van der Waals surface area contributed by atoms with Gasteiger partial charge in [-0.05, 0) is 55.3 Å². The highest BCUT2D eigenvalue weighted by Crippen LogP contribution is 2.26. The van der Waals surface area contributed by atoms with Gasteiger partial charge >= 0.3 is 0 Å². The van der Waals surface area contributed by atoms with Crippen molar-refractivity contribution < 1.29 is 23.5 Å². The highest BCUT2D eigenvalue weighted by atomic mass is 16.4. The second-order valence-corrected chi connectivity index (χ2v) is 8.85. The molecule has 1 saturated carbocycles. The molecule has 0 saturated heterocycles. The normalized spacial score (nSPS) is 15.4. The summed E-state index contributed by atoms with van der Waals surface area (Å²) >= 11 is 0. The Bertz CT molecular complexity index is 1800. The lowest BCUT2D eigenvalue weighted by molar-refractivity contribution is 0.409. The highest BCUT2D eigenvalue weighted by molar-refractivity contribution is 5.91. The number of hydrogen-bond acceptors (Lipinski definition) is 8. The van der Waals surface area contributed by atoms with Crippen molar-refractivity contribution in [2.75, 3.05) is 0 Å². The van der Waals surface area contributed by atoms with Gasteiger partial charge in [0.1, 0.15) is 40.3 Å². The predicted molar refractivity (Wildman–Crippen MR) is 129 cm³/mol. The lowest BCUT2D eigenvalue weighted by Crippen LogP contribution is -2.18. The van der Waals surface area contributed by atoms with E-state index >= 15 is 0 Å². The Balaban J connectivity index is 1.68. The summed E-state index contributed by atoms with van der Waals surface area (Å²) < 4.78 is 17.7. The van der Waals surface area contributed by atoms with E-state index in [-0.39, 0.29) is 61.6 Å². The maximum absolute atomic E-state index is 13.4. The van der Waals surface area contributed by atoms with Crippen LogP contribution in [0.25, 0.3) is 44.2 Å².